The topological polar surface area (TPSA) is 55.8 Å². The van der Waals surface area contributed by atoms with Crippen LogP contribution in [0.15, 0.2) is 0 Å². The van der Waals surface area contributed by atoms with Crippen LogP contribution in [0.3, 0.4) is 0 Å². The van der Waals surface area contributed by atoms with Crippen molar-refractivity contribution in [3.05, 3.63) is 0 Å². The Bertz CT molecular complexity index is 220. The van der Waals surface area contributed by atoms with Crippen molar-refractivity contribution in [2.75, 3.05) is 20.8 Å². The standard InChI is InChI=1S/C10H17NO4/c1-14-10(15-2)7-11-8(12)5-3-4-6-9(11)13/h10H,3-7H2,1-2H3. The number of amides is 2. The number of carbonyl (C=O) groups is 2. The second-order valence-corrected chi connectivity index (χ2v) is 3.51. The molecule has 2 amide bonds. The highest BCUT2D eigenvalue weighted by Crippen LogP contribution is 2.13. The third-order valence-corrected chi connectivity index (χ3v) is 2.49. The highest BCUT2D eigenvalue weighted by atomic mass is 16.7. The fourth-order valence-electron chi connectivity index (χ4n) is 1.56. The number of imide groups is 1. The van der Waals surface area contributed by atoms with Gasteiger partial charge in [-0.3, -0.25) is 14.5 Å². The predicted octanol–water partition coefficient (Wildman–Crippen LogP) is 0.534. The number of carbonyl (C=O) groups excluding carboxylic acids is 2. The molecule has 1 fully saturated rings. The van der Waals surface area contributed by atoms with Crippen molar-refractivity contribution in [2.24, 2.45) is 0 Å². The van der Waals surface area contributed by atoms with Crippen LogP contribution in [0.25, 0.3) is 0 Å². The van der Waals surface area contributed by atoms with Crippen LogP contribution in [0, 0.1) is 0 Å². The van der Waals surface area contributed by atoms with E-state index in [1.807, 2.05) is 0 Å². The summed E-state index contributed by atoms with van der Waals surface area (Å²) in [5, 5.41) is 0. The van der Waals surface area contributed by atoms with E-state index < -0.39 is 6.29 Å². The molecule has 0 aromatic heterocycles. The Morgan fingerprint density at radius 1 is 1.13 bits per heavy atom. The minimum absolute atomic E-state index is 0.128. The molecule has 86 valence electrons. The zero-order valence-corrected chi connectivity index (χ0v) is 9.19. The van der Waals surface area contributed by atoms with E-state index in [4.69, 9.17) is 9.47 Å². The van der Waals surface area contributed by atoms with E-state index in [1.165, 1.54) is 19.1 Å². The Kier molecular flexibility index (Phi) is 4.71. The first-order valence-electron chi connectivity index (χ1n) is 5.07. The fraction of sp³-hybridized carbons (Fsp3) is 0.800. The number of rotatable bonds is 4. The first kappa shape index (κ1) is 12.1. The lowest BCUT2D eigenvalue weighted by molar-refractivity contribution is -0.156. The summed E-state index contributed by atoms with van der Waals surface area (Å²) in [5.41, 5.74) is 0. The highest BCUT2D eigenvalue weighted by molar-refractivity contribution is 5.96. The summed E-state index contributed by atoms with van der Waals surface area (Å²) >= 11 is 0. The third-order valence-electron chi connectivity index (χ3n) is 2.49. The van der Waals surface area contributed by atoms with Gasteiger partial charge in [-0.05, 0) is 12.8 Å². The van der Waals surface area contributed by atoms with Crippen LogP contribution in [0.5, 0.6) is 0 Å². The smallest absolute Gasteiger partial charge is 0.229 e. The number of likely N-dealkylation sites (tertiary alicyclic amines) is 1. The number of ether oxygens (including phenoxy) is 2. The maximum atomic E-state index is 11.6. The van der Waals surface area contributed by atoms with Gasteiger partial charge in [0.1, 0.15) is 0 Å². The van der Waals surface area contributed by atoms with E-state index in [9.17, 15) is 9.59 Å². The molecule has 0 aromatic carbocycles. The van der Waals surface area contributed by atoms with Gasteiger partial charge in [0.25, 0.3) is 0 Å². The Balaban J connectivity index is 2.62. The first-order valence-corrected chi connectivity index (χ1v) is 5.07. The van der Waals surface area contributed by atoms with Gasteiger partial charge in [0.05, 0.1) is 6.54 Å². The van der Waals surface area contributed by atoms with Crippen molar-refractivity contribution in [1.82, 2.24) is 4.90 Å². The molecule has 15 heavy (non-hydrogen) atoms. The van der Waals surface area contributed by atoms with E-state index in [0.29, 0.717) is 12.8 Å². The molecule has 0 spiro atoms. The molecule has 1 aliphatic rings. The van der Waals surface area contributed by atoms with E-state index in [2.05, 4.69) is 0 Å². The van der Waals surface area contributed by atoms with Gasteiger partial charge in [-0.2, -0.15) is 0 Å². The molecule has 0 radical (unpaired) electrons. The van der Waals surface area contributed by atoms with E-state index in [1.54, 1.807) is 0 Å². The second kappa shape index (κ2) is 5.82. The van der Waals surface area contributed by atoms with Gasteiger partial charge in [-0.1, -0.05) is 0 Å². The number of nitrogens with zero attached hydrogens (tertiary/aromatic N) is 1. The zero-order chi connectivity index (χ0) is 11.3. The predicted molar refractivity (Wildman–Crippen MR) is 53.0 cm³/mol. The Morgan fingerprint density at radius 2 is 1.60 bits per heavy atom. The molecule has 0 aromatic rings. The summed E-state index contributed by atoms with van der Waals surface area (Å²) in [5.74, 6) is -0.256. The third kappa shape index (κ3) is 3.28. The normalized spacial score (nSPS) is 18.5. The monoisotopic (exact) mass is 215 g/mol. The van der Waals surface area contributed by atoms with Crippen LogP contribution in [0.1, 0.15) is 25.7 Å². The average molecular weight is 215 g/mol. The number of methoxy groups -OCH3 is 2. The zero-order valence-electron chi connectivity index (χ0n) is 9.19. The summed E-state index contributed by atoms with van der Waals surface area (Å²) in [6.45, 7) is 0.185. The molecule has 0 aliphatic carbocycles. The van der Waals surface area contributed by atoms with Gasteiger partial charge in [0.2, 0.25) is 11.8 Å². The fourth-order valence-corrected chi connectivity index (χ4v) is 1.56. The molecule has 0 unspecified atom stereocenters. The van der Waals surface area contributed by atoms with Crippen LogP contribution in [0.2, 0.25) is 0 Å². The maximum Gasteiger partial charge on any atom is 0.229 e. The Hall–Kier alpha value is -0.940. The quantitative estimate of drug-likeness (QED) is 0.507. The molecule has 1 saturated heterocycles. The molecule has 1 aliphatic heterocycles. The van der Waals surface area contributed by atoms with E-state index in [0.717, 1.165) is 12.8 Å². The minimum atomic E-state index is -0.531. The molecular weight excluding hydrogens is 198 g/mol. The molecule has 0 saturated carbocycles. The van der Waals surface area contributed by atoms with Crippen molar-refractivity contribution in [3.8, 4) is 0 Å². The maximum absolute atomic E-state index is 11.6. The van der Waals surface area contributed by atoms with Crippen molar-refractivity contribution in [2.45, 2.75) is 32.0 Å². The Morgan fingerprint density at radius 3 is 2.00 bits per heavy atom. The lowest BCUT2D eigenvalue weighted by Crippen LogP contribution is -2.41. The van der Waals surface area contributed by atoms with Crippen LogP contribution in [0.4, 0.5) is 0 Å². The molecular formula is C10H17NO4. The molecule has 5 nitrogen and oxygen atoms in total. The first-order chi connectivity index (χ1) is 7.19. The van der Waals surface area contributed by atoms with Crippen molar-refractivity contribution < 1.29 is 19.1 Å². The molecule has 5 heteroatoms. The molecule has 1 rings (SSSR count). The summed E-state index contributed by atoms with van der Waals surface area (Å²) in [6, 6.07) is 0. The van der Waals surface area contributed by atoms with Gasteiger partial charge < -0.3 is 9.47 Å². The van der Waals surface area contributed by atoms with Crippen LogP contribution in [-0.4, -0.2) is 43.8 Å². The lowest BCUT2D eigenvalue weighted by Gasteiger charge is -2.23. The van der Waals surface area contributed by atoms with Crippen molar-refractivity contribution in [3.63, 3.8) is 0 Å². The average Bonchev–Trinajstić information content (AvgIpc) is 2.39. The van der Waals surface area contributed by atoms with E-state index in [-0.39, 0.29) is 18.4 Å². The lowest BCUT2D eigenvalue weighted by atomic mass is 10.2. The Labute approximate surface area is 89.3 Å². The molecule has 1 heterocycles. The van der Waals surface area contributed by atoms with Gasteiger partial charge in [-0.25, -0.2) is 0 Å². The van der Waals surface area contributed by atoms with Crippen molar-refractivity contribution >= 4 is 11.8 Å². The van der Waals surface area contributed by atoms with Crippen LogP contribution >= 0.6 is 0 Å². The van der Waals surface area contributed by atoms with Gasteiger partial charge in [-0.15, -0.1) is 0 Å². The minimum Gasteiger partial charge on any atom is -0.354 e. The molecule has 0 atom stereocenters. The molecule has 0 N–H and O–H groups in total. The largest absolute Gasteiger partial charge is 0.354 e. The van der Waals surface area contributed by atoms with Gasteiger partial charge >= 0.3 is 0 Å². The summed E-state index contributed by atoms with van der Waals surface area (Å²) < 4.78 is 9.94. The summed E-state index contributed by atoms with van der Waals surface area (Å²) in [7, 11) is 2.97. The highest BCUT2D eigenvalue weighted by Gasteiger charge is 2.26. The van der Waals surface area contributed by atoms with Gasteiger partial charge in [0.15, 0.2) is 6.29 Å². The van der Waals surface area contributed by atoms with Crippen LogP contribution < -0.4 is 0 Å². The van der Waals surface area contributed by atoms with Crippen molar-refractivity contribution in [1.29, 1.82) is 0 Å². The van der Waals surface area contributed by atoms with Crippen LogP contribution in [-0.2, 0) is 19.1 Å². The molecule has 0 bridgehead atoms. The summed E-state index contributed by atoms with van der Waals surface area (Å²) in [4.78, 5) is 24.4. The van der Waals surface area contributed by atoms with E-state index >= 15 is 0 Å². The second-order valence-electron chi connectivity index (χ2n) is 3.51. The number of hydrogen-bond donors (Lipinski definition) is 0. The number of hydrogen-bond acceptors (Lipinski definition) is 4. The summed E-state index contributed by atoms with van der Waals surface area (Å²) in [6.07, 6.45) is 1.91. The SMILES string of the molecule is COC(CN1C(=O)CCCCC1=O)OC. The van der Waals surface area contributed by atoms with Gasteiger partial charge in [0, 0.05) is 27.1 Å².